The molecule has 2 nitrogen and oxygen atoms in total. The molecule has 0 rings (SSSR count). The second kappa shape index (κ2) is 8.12. The van der Waals surface area contributed by atoms with Crippen molar-refractivity contribution in [3.63, 3.8) is 0 Å². The first-order valence-corrected chi connectivity index (χ1v) is 5.17. The Hall–Kier alpha value is -0.220. The average Bonchev–Trinajstić information content (AvgIpc) is 2.18. The van der Waals surface area contributed by atoms with E-state index in [1.807, 2.05) is 20.8 Å². The Morgan fingerprint density at radius 3 is 2.07 bits per heavy atom. The van der Waals surface area contributed by atoms with E-state index in [2.05, 4.69) is 5.32 Å². The Bertz CT molecular complexity index is 129. The number of alkyl halides is 2. The lowest BCUT2D eigenvalue weighted by molar-refractivity contribution is -0.0514. The van der Waals surface area contributed by atoms with Crippen molar-refractivity contribution in [1.82, 2.24) is 10.2 Å². The Labute approximate surface area is 86.7 Å². The number of halogens is 2. The summed E-state index contributed by atoms with van der Waals surface area (Å²) in [5.74, 6) is -2.65. The first kappa shape index (κ1) is 16.2. The number of rotatable bonds is 5. The van der Waals surface area contributed by atoms with E-state index in [1.54, 1.807) is 19.0 Å². The smallest absolute Gasteiger partial charge is 0.275 e. The van der Waals surface area contributed by atoms with Gasteiger partial charge in [-0.25, -0.2) is 8.78 Å². The summed E-state index contributed by atoms with van der Waals surface area (Å²) in [6.07, 6.45) is 0. The monoisotopic (exact) mass is 210 g/mol. The summed E-state index contributed by atoms with van der Waals surface area (Å²) < 4.78 is 26.3. The van der Waals surface area contributed by atoms with Gasteiger partial charge in [-0.15, -0.1) is 0 Å². The van der Waals surface area contributed by atoms with E-state index in [0.717, 1.165) is 0 Å². The minimum Gasteiger partial charge on any atom is -0.312 e. The lowest BCUT2D eigenvalue weighted by atomic mass is 10.1. The van der Waals surface area contributed by atoms with Crippen LogP contribution in [0.25, 0.3) is 0 Å². The van der Waals surface area contributed by atoms with E-state index in [-0.39, 0.29) is 6.54 Å². The van der Waals surface area contributed by atoms with Crippen molar-refractivity contribution < 1.29 is 8.78 Å². The van der Waals surface area contributed by atoms with Gasteiger partial charge in [0.05, 0.1) is 12.6 Å². The molecule has 0 fully saturated rings. The molecule has 14 heavy (non-hydrogen) atoms. The SMILES string of the molecule is CC.CCN(C)CC(F)(F)C(C)NC. The molecule has 1 N–H and O–H groups in total. The van der Waals surface area contributed by atoms with Gasteiger partial charge in [0.2, 0.25) is 0 Å². The van der Waals surface area contributed by atoms with Gasteiger partial charge in [-0.1, -0.05) is 20.8 Å². The van der Waals surface area contributed by atoms with Crippen LogP contribution in [0.5, 0.6) is 0 Å². The Morgan fingerprint density at radius 2 is 1.79 bits per heavy atom. The van der Waals surface area contributed by atoms with E-state index in [1.165, 1.54) is 6.92 Å². The predicted molar refractivity (Wildman–Crippen MR) is 58.0 cm³/mol. The van der Waals surface area contributed by atoms with Gasteiger partial charge in [0.25, 0.3) is 5.92 Å². The third kappa shape index (κ3) is 6.27. The van der Waals surface area contributed by atoms with E-state index >= 15 is 0 Å². The second-order valence-corrected chi connectivity index (χ2v) is 3.10. The first-order chi connectivity index (χ1) is 6.44. The van der Waals surface area contributed by atoms with Gasteiger partial charge in [-0.05, 0) is 27.6 Å². The highest BCUT2D eigenvalue weighted by atomic mass is 19.3. The van der Waals surface area contributed by atoms with E-state index < -0.39 is 12.0 Å². The summed E-state index contributed by atoms with van der Waals surface area (Å²) in [6, 6.07) is -0.772. The Kier molecular flexibility index (Phi) is 9.41. The summed E-state index contributed by atoms with van der Waals surface area (Å²) in [5, 5.41) is 2.56. The van der Waals surface area contributed by atoms with Crippen molar-refractivity contribution in [3.8, 4) is 0 Å². The molecule has 0 saturated carbocycles. The van der Waals surface area contributed by atoms with Crippen molar-refractivity contribution >= 4 is 0 Å². The van der Waals surface area contributed by atoms with E-state index in [0.29, 0.717) is 6.54 Å². The molecule has 1 unspecified atom stereocenters. The van der Waals surface area contributed by atoms with Crippen LogP contribution in [0.2, 0.25) is 0 Å². The summed E-state index contributed by atoms with van der Waals surface area (Å²) >= 11 is 0. The fourth-order valence-electron chi connectivity index (χ4n) is 0.820. The highest BCUT2D eigenvalue weighted by Crippen LogP contribution is 2.18. The van der Waals surface area contributed by atoms with Crippen LogP contribution >= 0.6 is 0 Å². The molecule has 0 aromatic rings. The normalized spacial score (nSPS) is 13.5. The van der Waals surface area contributed by atoms with Crippen molar-refractivity contribution in [2.45, 2.75) is 39.7 Å². The number of hydrogen-bond acceptors (Lipinski definition) is 2. The average molecular weight is 210 g/mol. The van der Waals surface area contributed by atoms with Crippen molar-refractivity contribution in [1.29, 1.82) is 0 Å². The van der Waals surface area contributed by atoms with Gasteiger partial charge in [-0.3, -0.25) is 0 Å². The number of nitrogens with zero attached hydrogens (tertiary/aromatic N) is 1. The molecule has 0 aromatic heterocycles. The van der Waals surface area contributed by atoms with Gasteiger partial charge in [-0.2, -0.15) is 0 Å². The molecule has 1 atom stereocenters. The third-order valence-corrected chi connectivity index (χ3v) is 2.09. The van der Waals surface area contributed by atoms with Gasteiger partial charge >= 0.3 is 0 Å². The summed E-state index contributed by atoms with van der Waals surface area (Å²) in [4.78, 5) is 1.60. The molecule has 0 spiro atoms. The molecule has 0 amide bonds. The summed E-state index contributed by atoms with van der Waals surface area (Å²) in [7, 11) is 3.24. The van der Waals surface area contributed by atoms with Crippen LogP contribution in [-0.4, -0.2) is 44.0 Å². The quantitative estimate of drug-likeness (QED) is 0.748. The Morgan fingerprint density at radius 1 is 1.36 bits per heavy atom. The lowest BCUT2D eigenvalue weighted by Crippen LogP contribution is -2.47. The standard InChI is InChI=1S/C8H18F2N2.C2H6/c1-5-12(4)6-8(9,10)7(2)11-3;1-2/h7,11H,5-6H2,1-4H3;1-2H3. The maximum atomic E-state index is 13.2. The van der Waals surface area contributed by atoms with Crippen LogP contribution in [-0.2, 0) is 0 Å². The minimum absolute atomic E-state index is 0.189. The van der Waals surface area contributed by atoms with Gasteiger partial charge in [0.15, 0.2) is 0 Å². The molecule has 0 aliphatic carbocycles. The van der Waals surface area contributed by atoms with Crippen LogP contribution in [0.15, 0.2) is 0 Å². The van der Waals surface area contributed by atoms with Crippen LogP contribution in [0, 0.1) is 0 Å². The molecular weight excluding hydrogens is 186 g/mol. The highest BCUT2D eigenvalue weighted by molar-refractivity contribution is 4.80. The van der Waals surface area contributed by atoms with Crippen molar-refractivity contribution in [3.05, 3.63) is 0 Å². The zero-order chi connectivity index (χ0) is 11.8. The van der Waals surface area contributed by atoms with Gasteiger partial charge < -0.3 is 10.2 Å². The van der Waals surface area contributed by atoms with E-state index in [4.69, 9.17) is 0 Å². The molecule has 0 aliphatic rings. The molecule has 0 aromatic carbocycles. The molecular formula is C10H24F2N2. The van der Waals surface area contributed by atoms with Crippen molar-refractivity contribution in [2.75, 3.05) is 27.2 Å². The molecule has 0 saturated heterocycles. The number of hydrogen-bond donors (Lipinski definition) is 1. The first-order valence-electron chi connectivity index (χ1n) is 5.17. The fourth-order valence-corrected chi connectivity index (χ4v) is 0.820. The van der Waals surface area contributed by atoms with Crippen LogP contribution in [0.4, 0.5) is 8.78 Å². The molecule has 88 valence electrons. The molecule has 0 radical (unpaired) electrons. The second-order valence-electron chi connectivity index (χ2n) is 3.10. The Balaban J connectivity index is 0. The molecule has 0 bridgehead atoms. The maximum Gasteiger partial charge on any atom is 0.275 e. The van der Waals surface area contributed by atoms with Gasteiger partial charge in [0.1, 0.15) is 0 Å². The van der Waals surface area contributed by atoms with Crippen LogP contribution < -0.4 is 5.32 Å². The summed E-state index contributed by atoms with van der Waals surface area (Å²) in [5.41, 5.74) is 0. The zero-order valence-electron chi connectivity index (χ0n) is 10.2. The maximum absolute atomic E-state index is 13.2. The zero-order valence-corrected chi connectivity index (χ0v) is 10.2. The lowest BCUT2D eigenvalue weighted by Gasteiger charge is -2.27. The topological polar surface area (TPSA) is 15.3 Å². The molecule has 0 aliphatic heterocycles. The van der Waals surface area contributed by atoms with Crippen LogP contribution in [0.3, 0.4) is 0 Å². The van der Waals surface area contributed by atoms with Gasteiger partial charge in [0, 0.05) is 0 Å². The van der Waals surface area contributed by atoms with Crippen LogP contribution in [0.1, 0.15) is 27.7 Å². The molecule has 0 heterocycles. The fraction of sp³-hybridized carbons (Fsp3) is 1.00. The third-order valence-electron chi connectivity index (χ3n) is 2.09. The molecule has 4 heteroatoms. The number of nitrogens with one attached hydrogen (secondary N) is 1. The van der Waals surface area contributed by atoms with Crippen molar-refractivity contribution in [2.24, 2.45) is 0 Å². The van der Waals surface area contributed by atoms with E-state index in [9.17, 15) is 8.78 Å². The highest BCUT2D eigenvalue weighted by Gasteiger charge is 2.36. The predicted octanol–water partition coefficient (Wildman–Crippen LogP) is 2.21. The largest absolute Gasteiger partial charge is 0.312 e. The minimum atomic E-state index is -2.65. The summed E-state index contributed by atoms with van der Waals surface area (Å²) in [6.45, 7) is 7.81.